The number of benzene rings is 1. The molecule has 1 aromatic carbocycles. The fraction of sp³-hybridized carbons (Fsp3) is 0.500. The van der Waals surface area contributed by atoms with E-state index in [0.29, 0.717) is 17.1 Å². The molecule has 8 heteroatoms. The molecule has 0 spiro atoms. The molecule has 2 unspecified atom stereocenters. The molecule has 0 aliphatic carbocycles. The van der Waals surface area contributed by atoms with Crippen molar-refractivity contribution >= 4 is 30.1 Å². The maximum absolute atomic E-state index is 13.7. The lowest BCUT2D eigenvalue weighted by atomic mass is 10.0. The molecule has 22 heavy (non-hydrogen) atoms. The average Bonchev–Trinajstić information content (AvgIpc) is 2.80. The van der Waals surface area contributed by atoms with Crippen molar-refractivity contribution in [2.24, 2.45) is 0 Å². The maximum Gasteiger partial charge on any atom is 0.262 e. The molecule has 2 aliphatic rings. The Kier molecular flexibility index (Phi) is 5.29. The number of carbonyl (C=O) groups is 1. The summed E-state index contributed by atoms with van der Waals surface area (Å²) in [5.74, 6) is -2.90. The van der Waals surface area contributed by atoms with E-state index in [4.69, 9.17) is 0 Å². The van der Waals surface area contributed by atoms with Crippen LogP contribution in [0.3, 0.4) is 0 Å². The molecular formula is C14H16ClF3N2OS. The SMILES string of the molecule is Cl.O=C(NC1CCSc2c(F)cccc21)C1CC(F)(F)CN1. The second kappa shape index (κ2) is 6.68. The normalized spacial score (nSPS) is 26.0. The molecule has 1 aromatic rings. The Labute approximate surface area is 136 Å². The predicted molar refractivity (Wildman–Crippen MR) is 81.2 cm³/mol. The van der Waals surface area contributed by atoms with E-state index in [-0.39, 0.29) is 24.3 Å². The Morgan fingerprint density at radius 2 is 2.18 bits per heavy atom. The number of hydrogen-bond donors (Lipinski definition) is 2. The van der Waals surface area contributed by atoms with Crippen LogP contribution in [0, 0.1) is 5.82 Å². The zero-order chi connectivity index (χ0) is 15.0. The van der Waals surface area contributed by atoms with Gasteiger partial charge in [-0.3, -0.25) is 10.1 Å². The van der Waals surface area contributed by atoms with Gasteiger partial charge in [0.15, 0.2) is 0 Å². The number of rotatable bonds is 2. The summed E-state index contributed by atoms with van der Waals surface area (Å²) in [4.78, 5) is 12.6. The van der Waals surface area contributed by atoms with Crippen LogP contribution in [-0.2, 0) is 4.79 Å². The standard InChI is InChI=1S/C14H15F3N2OS.ClH/c15-9-3-1-2-8-10(4-5-21-12(8)9)19-13(20)11-6-14(16,17)7-18-11;/h1-3,10-11,18H,4-7H2,(H,19,20);1H. The molecule has 3 nitrogen and oxygen atoms in total. The fourth-order valence-electron chi connectivity index (χ4n) is 2.71. The topological polar surface area (TPSA) is 41.1 Å². The minimum absolute atomic E-state index is 0. The monoisotopic (exact) mass is 352 g/mol. The molecule has 2 atom stereocenters. The molecule has 1 saturated heterocycles. The van der Waals surface area contributed by atoms with Crippen LogP contribution in [0.1, 0.15) is 24.4 Å². The maximum atomic E-state index is 13.7. The van der Waals surface area contributed by atoms with Crippen molar-refractivity contribution in [1.29, 1.82) is 0 Å². The highest BCUT2D eigenvalue weighted by Gasteiger charge is 2.42. The van der Waals surface area contributed by atoms with Crippen molar-refractivity contribution in [2.75, 3.05) is 12.3 Å². The van der Waals surface area contributed by atoms with Gasteiger partial charge in [-0.25, -0.2) is 13.2 Å². The molecule has 0 aromatic heterocycles. The third kappa shape index (κ3) is 3.52. The van der Waals surface area contributed by atoms with Crippen LogP contribution >= 0.6 is 24.2 Å². The summed E-state index contributed by atoms with van der Waals surface area (Å²) in [6, 6.07) is 3.55. The van der Waals surface area contributed by atoms with Gasteiger partial charge in [-0.05, 0) is 18.1 Å². The first kappa shape index (κ1) is 17.4. The van der Waals surface area contributed by atoms with Crippen LogP contribution in [-0.4, -0.2) is 30.2 Å². The van der Waals surface area contributed by atoms with E-state index in [1.807, 2.05) is 0 Å². The van der Waals surface area contributed by atoms with Gasteiger partial charge in [-0.2, -0.15) is 0 Å². The molecule has 2 N–H and O–H groups in total. The summed E-state index contributed by atoms with van der Waals surface area (Å²) in [6.45, 7) is -0.475. The molecule has 3 rings (SSSR count). The zero-order valence-electron chi connectivity index (χ0n) is 11.6. The molecule has 2 heterocycles. The van der Waals surface area contributed by atoms with Gasteiger partial charge in [0.2, 0.25) is 5.91 Å². The van der Waals surface area contributed by atoms with Crippen LogP contribution in [0.15, 0.2) is 23.1 Å². The van der Waals surface area contributed by atoms with Gasteiger partial charge < -0.3 is 5.32 Å². The second-order valence-corrected chi connectivity index (χ2v) is 6.46. The van der Waals surface area contributed by atoms with Crippen molar-refractivity contribution in [3.8, 4) is 0 Å². The lowest BCUT2D eigenvalue weighted by Gasteiger charge is -2.27. The average molecular weight is 353 g/mol. The molecule has 0 saturated carbocycles. The summed E-state index contributed by atoms with van der Waals surface area (Å²) < 4.78 is 40.0. The van der Waals surface area contributed by atoms with Gasteiger partial charge in [0.25, 0.3) is 5.92 Å². The summed E-state index contributed by atoms with van der Waals surface area (Å²) in [7, 11) is 0. The van der Waals surface area contributed by atoms with Crippen LogP contribution in [0.2, 0.25) is 0 Å². The van der Waals surface area contributed by atoms with E-state index in [1.54, 1.807) is 12.1 Å². The summed E-state index contributed by atoms with van der Waals surface area (Å²) in [6.07, 6.45) is 0.173. The Hall–Kier alpha value is -0.920. The van der Waals surface area contributed by atoms with Crippen molar-refractivity contribution < 1.29 is 18.0 Å². The summed E-state index contributed by atoms with van der Waals surface area (Å²) >= 11 is 1.42. The number of alkyl halides is 2. The van der Waals surface area contributed by atoms with Crippen LogP contribution in [0.4, 0.5) is 13.2 Å². The number of thioether (sulfide) groups is 1. The van der Waals surface area contributed by atoms with Gasteiger partial charge in [-0.1, -0.05) is 12.1 Å². The third-order valence-corrected chi connectivity index (χ3v) is 4.93. The summed E-state index contributed by atoms with van der Waals surface area (Å²) in [5.41, 5.74) is 0.726. The lowest BCUT2D eigenvalue weighted by Crippen LogP contribution is -2.42. The molecular weight excluding hydrogens is 337 g/mol. The van der Waals surface area contributed by atoms with Crippen molar-refractivity contribution in [3.63, 3.8) is 0 Å². The first-order chi connectivity index (χ1) is 9.96. The Balaban J connectivity index is 0.00000176. The van der Waals surface area contributed by atoms with E-state index < -0.39 is 30.8 Å². The Morgan fingerprint density at radius 3 is 2.86 bits per heavy atom. The number of nitrogens with one attached hydrogen (secondary N) is 2. The minimum Gasteiger partial charge on any atom is -0.348 e. The number of hydrogen-bond acceptors (Lipinski definition) is 3. The summed E-state index contributed by atoms with van der Waals surface area (Å²) in [5, 5.41) is 5.30. The number of fused-ring (bicyclic) bond motifs is 1. The van der Waals surface area contributed by atoms with E-state index in [2.05, 4.69) is 10.6 Å². The highest BCUT2D eigenvalue weighted by atomic mass is 35.5. The third-order valence-electron chi connectivity index (χ3n) is 3.77. The highest BCUT2D eigenvalue weighted by Crippen LogP contribution is 2.38. The van der Waals surface area contributed by atoms with Gasteiger partial charge >= 0.3 is 0 Å². The molecule has 0 bridgehead atoms. The van der Waals surface area contributed by atoms with Gasteiger partial charge in [0.1, 0.15) is 5.82 Å². The first-order valence-corrected chi connectivity index (χ1v) is 7.78. The quantitative estimate of drug-likeness (QED) is 0.860. The van der Waals surface area contributed by atoms with Crippen molar-refractivity contribution in [1.82, 2.24) is 10.6 Å². The van der Waals surface area contributed by atoms with Crippen LogP contribution in [0.25, 0.3) is 0 Å². The number of halogens is 4. The second-order valence-electron chi connectivity index (χ2n) is 5.35. The fourth-order valence-corrected chi connectivity index (χ4v) is 3.85. The molecule has 122 valence electrons. The van der Waals surface area contributed by atoms with Gasteiger partial charge in [0, 0.05) is 17.1 Å². The minimum atomic E-state index is -2.84. The highest BCUT2D eigenvalue weighted by molar-refractivity contribution is 7.99. The van der Waals surface area contributed by atoms with Crippen molar-refractivity contribution in [2.45, 2.75) is 35.7 Å². The molecule has 1 fully saturated rings. The zero-order valence-corrected chi connectivity index (χ0v) is 13.2. The van der Waals surface area contributed by atoms with Crippen LogP contribution < -0.4 is 10.6 Å². The van der Waals surface area contributed by atoms with E-state index >= 15 is 0 Å². The van der Waals surface area contributed by atoms with E-state index in [9.17, 15) is 18.0 Å². The molecule has 1 amide bonds. The van der Waals surface area contributed by atoms with Gasteiger partial charge in [-0.15, -0.1) is 24.2 Å². The molecule has 0 radical (unpaired) electrons. The van der Waals surface area contributed by atoms with E-state index in [0.717, 1.165) is 5.56 Å². The van der Waals surface area contributed by atoms with Crippen LogP contribution in [0.5, 0.6) is 0 Å². The van der Waals surface area contributed by atoms with Crippen molar-refractivity contribution in [3.05, 3.63) is 29.6 Å². The smallest absolute Gasteiger partial charge is 0.262 e. The van der Waals surface area contributed by atoms with Gasteiger partial charge in [0.05, 0.1) is 18.6 Å². The Bertz CT molecular complexity index is 573. The predicted octanol–water partition coefficient (Wildman–Crippen LogP) is 2.90. The molecule has 2 aliphatic heterocycles. The lowest BCUT2D eigenvalue weighted by molar-refractivity contribution is -0.124. The number of carbonyl (C=O) groups excluding carboxylic acids is 1. The Morgan fingerprint density at radius 1 is 1.41 bits per heavy atom. The number of amides is 1. The largest absolute Gasteiger partial charge is 0.348 e. The van der Waals surface area contributed by atoms with E-state index in [1.165, 1.54) is 17.8 Å². The first-order valence-electron chi connectivity index (χ1n) is 6.79.